The minimum absolute atomic E-state index is 0.178. The zero-order valence-electron chi connectivity index (χ0n) is 14.5. The van der Waals surface area contributed by atoms with Gasteiger partial charge >= 0.3 is 5.97 Å². The van der Waals surface area contributed by atoms with Crippen LogP contribution in [0.5, 0.6) is 0 Å². The normalized spacial score (nSPS) is 10.8. The van der Waals surface area contributed by atoms with Crippen LogP contribution in [0, 0.1) is 0 Å². The molecule has 2 aromatic heterocycles. The van der Waals surface area contributed by atoms with Gasteiger partial charge in [-0.2, -0.15) is 5.10 Å². The van der Waals surface area contributed by atoms with E-state index >= 15 is 0 Å². The Morgan fingerprint density at radius 1 is 1.00 bits per heavy atom. The van der Waals surface area contributed by atoms with Crippen molar-refractivity contribution in [2.75, 3.05) is 6.61 Å². The molecule has 0 aliphatic carbocycles. The molecular formula is C21H17N3O3. The van der Waals surface area contributed by atoms with Gasteiger partial charge in [0.25, 0.3) is 0 Å². The fourth-order valence-electron chi connectivity index (χ4n) is 2.91. The van der Waals surface area contributed by atoms with Crippen molar-refractivity contribution in [3.05, 3.63) is 89.9 Å². The predicted molar refractivity (Wildman–Crippen MR) is 101 cm³/mol. The number of carbonyl (C=O) groups is 2. The van der Waals surface area contributed by atoms with Gasteiger partial charge in [-0.3, -0.25) is 9.48 Å². The Kier molecular flexibility index (Phi) is 4.53. The minimum atomic E-state index is -0.616. The first-order valence-electron chi connectivity index (χ1n) is 8.54. The third kappa shape index (κ3) is 3.64. The Morgan fingerprint density at radius 2 is 1.78 bits per heavy atom. The summed E-state index contributed by atoms with van der Waals surface area (Å²) in [6.45, 7) is 0.231. The number of hydrogen-bond donors (Lipinski definition) is 1. The highest BCUT2D eigenvalue weighted by Gasteiger charge is 2.16. The number of ketones is 1. The summed E-state index contributed by atoms with van der Waals surface area (Å²) in [5.74, 6) is -0.875. The van der Waals surface area contributed by atoms with Gasteiger partial charge in [0, 0.05) is 28.9 Å². The van der Waals surface area contributed by atoms with Crippen LogP contribution in [-0.2, 0) is 11.3 Å². The number of aromatic nitrogens is 3. The van der Waals surface area contributed by atoms with Crippen LogP contribution in [0.3, 0.4) is 0 Å². The second kappa shape index (κ2) is 7.29. The third-order valence-corrected chi connectivity index (χ3v) is 4.26. The second-order valence-electron chi connectivity index (χ2n) is 6.13. The number of rotatable bonds is 6. The zero-order chi connectivity index (χ0) is 18.6. The molecule has 0 unspecified atom stereocenters. The van der Waals surface area contributed by atoms with Crippen molar-refractivity contribution < 1.29 is 14.3 Å². The average molecular weight is 359 g/mol. The van der Waals surface area contributed by atoms with Crippen LogP contribution in [0.15, 0.2) is 73.1 Å². The van der Waals surface area contributed by atoms with Crippen LogP contribution < -0.4 is 0 Å². The number of fused-ring (bicyclic) bond motifs is 1. The summed E-state index contributed by atoms with van der Waals surface area (Å²) in [6, 6.07) is 18.9. The van der Waals surface area contributed by atoms with Crippen molar-refractivity contribution in [1.82, 2.24) is 14.8 Å². The van der Waals surface area contributed by atoms with Gasteiger partial charge in [-0.15, -0.1) is 0 Å². The first-order chi connectivity index (χ1) is 13.2. The monoisotopic (exact) mass is 359 g/mol. The van der Waals surface area contributed by atoms with E-state index in [4.69, 9.17) is 4.74 Å². The highest BCUT2D eigenvalue weighted by molar-refractivity contribution is 6.09. The highest BCUT2D eigenvalue weighted by Crippen LogP contribution is 2.18. The fraction of sp³-hybridized carbons (Fsp3) is 0.0952. The zero-order valence-corrected chi connectivity index (χ0v) is 14.5. The Hall–Kier alpha value is -3.67. The van der Waals surface area contributed by atoms with Crippen molar-refractivity contribution in [3.8, 4) is 0 Å². The van der Waals surface area contributed by atoms with Crippen molar-refractivity contribution in [3.63, 3.8) is 0 Å². The Morgan fingerprint density at radius 3 is 2.63 bits per heavy atom. The van der Waals surface area contributed by atoms with Crippen LogP contribution in [0.1, 0.15) is 26.4 Å². The molecular weight excluding hydrogens is 342 g/mol. The van der Waals surface area contributed by atoms with E-state index < -0.39 is 5.97 Å². The fourth-order valence-corrected chi connectivity index (χ4v) is 2.91. The molecule has 4 rings (SSSR count). The number of Topliss-reactive ketones (excluding diaryl/α,β-unsaturated/α-hetero) is 1. The summed E-state index contributed by atoms with van der Waals surface area (Å²) in [7, 11) is 0. The maximum absolute atomic E-state index is 12.4. The van der Waals surface area contributed by atoms with E-state index in [9.17, 15) is 9.59 Å². The standard InChI is InChI=1S/C21H17N3O3/c25-20(17-12-22-18-9-5-4-8-16(17)18)14-27-21(26)19-10-11-24(23-19)13-15-6-2-1-3-7-15/h1-12,22H,13-14H2. The van der Waals surface area contributed by atoms with E-state index in [2.05, 4.69) is 10.1 Å². The number of para-hydroxylation sites is 1. The van der Waals surface area contributed by atoms with Crippen LogP contribution in [0.25, 0.3) is 10.9 Å². The number of hydrogen-bond acceptors (Lipinski definition) is 4. The molecule has 0 saturated carbocycles. The van der Waals surface area contributed by atoms with Crippen LogP contribution in [0.4, 0.5) is 0 Å². The number of aromatic amines is 1. The van der Waals surface area contributed by atoms with E-state index in [1.165, 1.54) is 0 Å². The summed E-state index contributed by atoms with van der Waals surface area (Å²) in [4.78, 5) is 27.6. The van der Waals surface area contributed by atoms with E-state index in [0.29, 0.717) is 12.1 Å². The Balaban J connectivity index is 1.39. The molecule has 0 aliphatic rings. The van der Waals surface area contributed by atoms with Crippen LogP contribution in [0.2, 0.25) is 0 Å². The Bertz CT molecular complexity index is 1100. The maximum Gasteiger partial charge on any atom is 0.359 e. The maximum atomic E-state index is 12.4. The Labute approximate surface area is 155 Å². The average Bonchev–Trinajstić information content (AvgIpc) is 3.34. The number of nitrogens with zero attached hydrogens (tertiary/aromatic N) is 2. The molecule has 134 valence electrons. The summed E-state index contributed by atoms with van der Waals surface area (Å²) in [5, 5.41) is 5.03. The molecule has 0 amide bonds. The summed E-state index contributed by atoms with van der Waals surface area (Å²) in [5.41, 5.74) is 2.63. The molecule has 1 N–H and O–H groups in total. The lowest BCUT2D eigenvalue weighted by atomic mass is 10.1. The molecule has 6 heteroatoms. The SMILES string of the molecule is O=C(OCC(=O)c1c[nH]c2ccccc12)c1ccn(Cc2ccccc2)n1. The number of ether oxygens (including phenoxy) is 1. The molecule has 27 heavy (non-hydrogen) atoms. The molecule has 2 aromatic carbocycles. The molecule has 0 aliphatic heterocycles. The highest BCUT2D eigenvalue weighted by atomic mass is 16.5. The molecule has 0 radical (unpaired) electrons. The molecule has 0 bridgehead atoms. The molecule has 0 spiro atoms. The smallest absolute Gasteiger partial charge is 0.359 e. The number of carbonyl (C=O) groups excluding carboxylic acids is 2. The summed E-state index contributed by atoms with van der Waals surface area (Å²) in [6.07, 6.45) is 3.35. The lowest BCUT2D eigenvalue weighted by molar-refractivity contribution is 0.0468. The second-order valence-corrected chi connectivity index (χ2v) is 6.13. The van der Waals surface area contributed by atoms with E-state index in [-0.39, 0.29) is 18.1 Å². The van der Waals surface area contributed by atoms with Crippen molar-refractivity contribution in [2.45, 2.75) is 6.54 Å². The van der Waals surface area contributed by atoms with Crippen molar-refractivity contribution in [2.24, 2.45) is 0 Å². The van der Waals surface area contributed by atoms with Crippen molar-refractivity contribution in [1.29, 1.82) is 0 Å². The van der Waals surface area contributed by atoms with Gasteiger partial charge in [0.1, 0.15) is 0 Å². The molecule has 2 heterocycles. The molecule has 0 saturated heterocycles. The molecule has 4 aromatic rings. The summed E-state index contributed by atoms with van der Waals surface area (Å²) < 4.78 is 6.81. The van der Waals surface area contributed by atoms with Gasteiger partial charge < -0.3 is 9.72 Å². The first-order valence-corrected chi connectivity index (χ1v) is 8.54. The third-order valence-electron chi connectivity index (χ3n) is 4.26. The lowest BCUT2D eigenvalue weighted by Crippen LogP contribution is -2.15. The topological polar surface area (TPSA) is 77.0 Å². The van der Waals surface area contributed by atoms with Gasteiger partial charge in [-0.1, -0.05) is 48.5 Å². The first kappa shape index (κ1) is 16.8. The molecule has 0 fully saturated rings. The van der Waals surface area contributed by atoms with E-state index in [1.54, 1.807) is 23.1 Å². The minimum Gasteiger partial charge on any atom is -0.453 e. The van der Waals surface area contributed by atoms with Gasteiger partial charge in [0.2, 0.25) is 5.78 Å². The van der Waals surface area contributed by atoms with Crippen LogP contribution in [-0.4, -0.2) is 33.1 Å². The van der Waals surface area contributed by atoms with Gasteiger partial charge in [-0.05, 0) is 17.7 Å². The number of benzene rings is 2. The van der Waals surface area contributed by atoms with E-state index in [0.717, 1.165) is 16.5 Å². The lowest BCUT2D eigenvalue weighted by Gasteiger charge is -2.03. The van der Waals surface area contributed by atoms with Crippen molar-refractivity contribution >= 4 is 22.7 Å². The van der Waals surface area contributed by atoms with Gasteiger partial charge in [0.05, 0.1) is 6.54 Å². The number of nitrogens with one attached hydrogen (secondary N) is 1. The van der Waals surface area contributed by atoms with Gasteiger partial charge in [0.15, 0.2) is 12.3 Å². The summed E-state index contributed by atoms with van der Waals surface area (Å²) >= 11 is 0. The quantitative estimate of drug-likeness (QED) is 0.422. The largest absolute Gasteiger partial charge is 0.453 e. The van der Waals surface area contributed by atoms with Gasteiger partial charge in [-0.25, -0.2) is 4.79 Å². The van der Waals surface area contributed by atoms with E-state index in [1.807, 2.05) is 54.6 Å². The number of H-pyrrole nitrogens is 1. The molecule has 0 atom stereocenters. The number of esters is 1. The van der Waals surface area contributed by atoms with Crippen LogP contribution >= 0.6 is 0 Å². The predicted octanol–water partition coefficient (Wildman–Crippen LogP) is 3.45. The molecule has 6 nitrogen and oxygen atoms in total.